The van der Waals surface area contributed by atoms with E-state index in [1.165, 1.54) is 0 Å². The number of carbonyl (C=O) groups is 2. The molecule has 98 valence electrons. The van der Waals surface area contributed by atoms with Crippen LogP contribution in [0.1, 0.15) is 19.4 Å². The third-order valence-electron chi connectivity index (χ3n) is 2.17. The third kappa shape index (κ3) is 5.82. The molecule has 4 nitrogen and oxygen atoms in total. The molecule has 0 bridgehead atoms. The lowest BCUT2D eigenvalue weighted by Crippen LogP contribution is -2.40. The summed E-state index contributed by atoms with van der Waals surface area (Å²) in [6.07, 6.45) is 0.280. The Morgan fingerprint density at radius 3 is 2.33 bits per heavy atom. The molecular formula is C13H17BrN2O2. The lowest BCUT2D eigenvalue weighted by molar-refractivity contribution is -0.126. The van der Waals surface area contributed by atoms with Crippen LogP contribution < -0.4 is 10.6 Å². The van der Waals surface area contributed by atoms with Gasteiger partial charge in [-0.3, -0.25) is 9.59 Å². The van der Waals surface area contributed by atoms with Gasteiger partial charge in [0.2, 0.25) is 11.8 Å². The van der Waals surface area contributed by atoms with E-state index in [1.54, 1.807) is 0 Å². The van der Waals surface area contributed by atoms with Gasteiger partial charge in [0.05, 0.1) is 13.0 Å². The van der Waals surface area contributed by atoms with Gasteiger partial charge in [-0.25, -0.2) is 0 Å². The van der Waals surface area contributed by atoms with Crippen LogP contribution in [0, 0.1) is 0 Å². The van der Waals surface area contributed by atoms with E-state index in [4.69, 9.17) is 0 Å². The van der Waals surface area contributed by atoms with Gasteiger partial charge in [-0.1, -0.05) is 28.1 Å². The summed E-state index contributed by atoms with van der Waals surface area (Å²) in [5, 5.41) is 5.30. The Hall–Kier alpha value is -1.36. The summed E-state index contributed by atoms with van der Waals surface area (Å²) in [4.78, 5) is 22.9. The predicted octanol–water partition coefficient (Wildman–Crippen LogP) is 1.63. The van der Waals surface area contributed by atoms with Crippen LogP contribution in [-0.4, -0.2) is 24.4 Å². The molecule has 0 saturated heterocycles. The van der Waals surface area contributed by atoms with Crippen molar-refractivity contribution in [2.45, 2.75) is 26.3 Å². The monoisotopic (exact) mass is 312 g/mol. The quantitative estimate of drug-likeness (QED) is 0.868. The molecule has 0 aliphatic carbocycles. The van der Waals surface area contributed by atoms with Crippen molar-refractivity contribution in [3.05, 3.63) is 34.3 Å². The van der Waals surface area contributed by atoms with Crippen LogP contribution in [0.25, 0.3) is 0 Å². The molecule has 0 heterocycles. The Morgan fingerprint density at radius 1 is 1.17 bits per heavy atom. The summed E-state index contributed by atoms with van der Waals surface area (Å²) >= 11 is 3.33. The van der Waals surface area contributed by atoms with Gasteiger partial charge in [0.1, 0.15) is 0 Å². The van der Waals surface area contributed by atoms with E-state index in [2.05, 4.69) is 26.6 Å². The second-order valence-electron chi connectivity index (χ2n) is 4.30. The van der Waals surface area contributed by atoms with E-state index in [9.17, 15) is 9.59 Å². The summed E-state index contributed by atoms with van der Waals surface area (Å²) in [6, 6.07) is 7.60. The fourth-order valence-corrected chi connectivity index (χ4v) is 1.67. The minimum absolute atomic E-state index is 0.0214. The average Bonchev–Trinajstić information content (AvgIpc) is 2.29. The van der Waals surface area contributed by atoms with Crippen LogP contribution in [-0.2, 0) is 16.0 Å². The maximum Gasteiger partial charge on any atom is 0.239 e. The van der Waals surface area contributed by atoms with Crippen molar-refractivity contribution in [2.75, 3.05) is 6.54 Å². The molecule has 1 rings (SSSR count). The van der Waals surface area contributed by atoms with E-state index in [1.807, 2.05) is 38.1 Å². The summed E-state index contributed by atoms with van der Waals surface area (Å²) in [5.74, 6) is -0.328. The topological polar surface area (TPSA) is 58.2 Å². The van der Waals surface area contributed by atoms with Gasteiger partial charge in [-0.05, 0) is 31.5 Å². The average molecular weight is 313 g/mol. The van der Waals surface area contributed by atoms with Crippen molar-refractivity contribution in [2.24, 2.45) is 0 Å². The second-order valence-corrected chi connectivity index (χ2v) is 5.22. The third-order valence-corrected chi connectivity index (χ3v) is 2.70. The van der Waals surface area contributed by atoms with Crippen molar-refractivity contribution in [1.82, 2.24) is 10.6 Å². The van der Waals surface area contributed by atoms with Gasteiger partial charge >= 0.3 is 0 Å². The molecule has 0 spiro atoms. The van der Waals surface area contributed by atoms with Crippen molar-refractivity contribution in [3.8, 4) is 0 Å². The van der Waals surface area contributed by atoms with Crippen LogP contribution >= 0.6 is 15.9 Å². The first-order valence-electron chi connectivity index (χ1n) is 5.78. The van der Waals surface area contributed by atoms with Gasteiger partial charge < -0.3 is 10.6 Å². The molecule has 0 aliphatic heterocycles. The second kappa shape index (κ2) is 7.16. The van der Waals surface area contributed by atoms with Gasteiger partial charge in [-0.2, -0.15) is 0 Å². The van der Waals surface area contributed by atoms with Gasteiger partial charge in [0.25, 0.3) is 0 Å². The molecule has 2 N–H and O–H groups in total. The van der Waals surface area contributed by atoms with Crippen LogP contribution in [0.2, 0.25) is 0 Å². The summed E-state index contributed by atoms with van der Waals surface area (Å²) in [6.45, 7) is 3.77. The molecule has 0 fully saturated rings. The number of halogens is 1. The van der Waals surface area contributed by atoms with E-state index in [0.717, 1.165) is 10.0 Å². The Balaban J connectivity index is 2.34. The lowest BCUT2D eigenvalue weighted by Gasteiger charge is -2.09. The molecular weight excluding hydrogens is 296 g/mol. The highest BCUT2D eigenvalue weighted by Gasteiger charge is 2.07. The fraction of sp³-hybridized carbons (Fsp3) is 0.385. The molecule has 0 saturated carbocycles. The zero-order chi connectivity index (χ0) is 13.5. The number of hydrogen-bond donors (Lipinski definition) is 2. The van der Waals surface area contributed by atoms with E-state index in [0.29, 0.717) is 0 Å². The molecule has 18 heavy (non-hydrogen) atoms. The highest BCUT2D eigenvalue weighted by molar-refractivity contribution is 9.10. The minimum Gasteiger partial charge on any atom is -0.352 e. The molecule has 0 radical (unpaired) electrons. The number of rotatable bonds is 5. The largest absolute Gasteiger partial charge is 0.352 e. The van der Waals surface area contributed by atoms with Crippen molar-refractivity contribution < 1.29 is 9.59 Å². The minimum atomic E-state index is -0.172. The lowest BCUT2D eigenvalue weighted by atomic mass is 10.1. The summed E-state index contributed by atoms with van der Waals surface area (Å²) in [5.41, 5.74) is 0.917. The van der Waals surface area contributed by atoms with Crippen molar-refractivity contribution >= 4 is 27.7 Å². The molecule has 0 aromatic heterocycles. The summed E-state index contributed by atoms with van der Waals surface area (Å²) in [7, 11) is 0. The SMILES string of the molecule is CC(C)NC(=O)CNC(=O)Cc1ccc(Br)cc1. The Bertz CT molecular complexity index is 416. The van der Waals surface area contributed by atoms with Gasteiger partial charge in [0, 0.05) is 10.5 Å². The van der Waals surface area contributed by atoms with Crippen LogP contribution in [0.4, 0.5) is 0 Å². The predicted molar refractivity (Wildman–Crippen MR) is 74.1 cm³/mol. The molecule has 1 aromatic carbocycles. The number of nitrogens with one attached hydrogen (secondary N) is 2. The van der Waals surface area contributed by atoms with Crippen LogP contribution in [0.5, 0.6) is 0 Å². The Kier molecular flexibility index (Phi) is 5.85. The van der Waals surface area contributed by atoms with Gasteiger partial charge in [-0.15, -0.1) is 0 Å². The number of hydrogen-bond acceptors (Lipinski definition) is 2. The normalized spacial score (nSPS) is 10.2. The molecule has 2 amide bonds. The van der Waals surface area contributed by atoms with Crippen LogP contribution in [0.15, 0.2) is 28.7 Å². The number of benzene rings is 1. The molecule has 5 heteroatoms. The standard InChI is InChI=1S/C13H17BrN2O2/c1-9(2)16-13(18)8-15-12(17)7-10-3-5-11(14)6-4-10/h3-6,9H,7-8H2,1-2H3,(H,15,17)(H,16,18). The zero-order valence-corrected chi connectivity index (χ0v) is 12.1. The van der Waals surface area contributed by atoms with Gasteiger partial charge in [0.15, 0.2) is 0 Å². The van der Waals surface area contributed by atoms with E-state index < -0.39 is 0 Å². The van der Waals surface area contributed by atoms with E-state index in [-0.39, 0.29) is 30.8 Å². The highest BCUT2D eigenvalue weighted by atomic mass is 79.9. The summed E-state index contributed by atoms with van der Waals surface area (Å²) < 4.78 is 0.975. The van der Waals surface area contributed by atoms with E-state index >= 15 is 0 Å². The number of carbonyl (C=O) groups excluding carboxylic acids is 2. The first-order valence-corrected chi connectivity index (χ1v) is 6.57. The number of amides is 2. The zero-order valence-electron chi connectivity index (χ0n) is 10.5. The fourth-order valence-electron chi connectivity index (χ4n) is 1.40. The van der Waals surface area contributed by atoms with Crippen molar-refractivity contribution in [3.63, 3.8) is 0 Å². The first-order chi connectivity index (χ1) is 8.47. The Labute approximate surface area is 115 Å². The maximum absolute atomic E-state index is 11.6. The van der Waals surface area contributed by atoms with Crippen LogP contribution in [0.3, 0.4) is 0 Å². The highest BCUT2D eigenvalue weighted by Crippen LogP contribution is 2.10. The molecule has 1 aromatic rings. The first kappa shape index (κ1) is 14.7. The smallest absolute Gasteiger partial charge is 0.239 e. The maximum atomic E-state index is 11.6. The van der Waals surface area contributed by atoms with Crippen molar-refractivity contribution in [1.29, 1.82) is 0 Å². The molecule has 0 aliphatic rings. The molecule has 0 atom stereocenters. The molecule has 0 unspecified atom stereocenters. The Morgan fingerprint density at radius 2 is 1.78 bits per heavy atom.